The molecule has 1 heterocycles. The Bertz CT molecular complexity index is 605. The third kappa shape index (κ3) is 3.28. The van der Waals surface area contributed by atoms with Gasteiger partial charge in [0.1, 0.15) is 6.04 Å². The van der Waals surface area contributed by atoms with Crippen LogP contribution in [0.25, 0.3) is 0 Å². The highest BCUT2D eigenvalue weighted by Crippen LogP contribution is 2.36. The average Bonchev–Trinajstić information content (AvgIpc) is 2.91. The normalized spacial score (nSPS) is 18.2. The van der Waals surface area contributed by atoms with Crippen LogP contribution in [0.4, 0.5) is 0 Å². The van der Waals surface area contributed by atoms with Gasteiger partial charge in [0, 0.05) is 16.7 Å². The van der Waals surface area contributed by atoms with E-state index in [2.05, 4.69) is 23.5 Å². The highest BCUT2D eigenvalue weighted by atomic mass is 32.2. The molecule has 108 valence electrons. The SMILES string of the molecule is O=C(O)C(NCC1Cc2ccccc2S1)c1ccccc1. The molecule has 0 saturated carbocycles. The molecule has 1 aliphatic heterocycles. The van der Waals surface area contributed by atoms with Crippen LogP contribution >= 0.6 is 11.8 Å². The fraction of sp³-hybridized carbons (Fsp3) is 0.235. The Hall–Kier alpha value is -1.78. The van der Waals surface area contributed by atoms with Gasteiger partial charge in [-0.1, -0.05) is 48.5 Å². The summed E-state index contributed by atoms with van der Waals surface area (Å²) in [5.74, 6) is -0.832. The van der Waals surface area contributed by atoms with E-state index in [-0.39, 0.29) is 0 Å². The highest BCUT2D eigenvalue weighted by molar-refractivity contribution is 8.00. The van der Waals surface area contributed by atoms with Gasteiger partial charge in [-0.05, 0) is 23.6 Å². The summed E-state index contributed by atoms with van der Waals surface area (Å²) in [4.78, 5) is 12.8. The van der Waals surface area contributed by atoms with E-state index in [4.69, 9.17) is 0 Å². The number of carboxylic acids is 1. The van der Waals surface area contributed by atoms with Crippen LogP contribution in [-0.4, -0.2) is 22.9 Å². The predicted molar refractivity (Wildman–Crippen MR) is 84.6 cm³/mol. The Morgan fingerprint density at radius 2 is 1.90 bits per heavy atom. The third-order valence-electron chi connectivity index (χ3n) is 3.64. The zero-order chi connectivity index (χ0) is 14.7. The number of hydrogen-bond acceptors (Lipinski definition) is 3. The van der Waals surface area contributed by atoms with Crippen molar-refractivity contribution in [2.24, 2.45) is 0 Å². The summed E-state index contributed by atoms with van der Waals surface area (Å²) in [6, 6.07) is 17.1. The monoisotopic (exact) mass is 299 g/mol. The minimum absolute atomic E-state index is 0.396. The number of aliphatic carboxylic acids is 1. The van der Waals surface area contributed by atoms with Crippen molar-refractivity contribution >= 4 is 17.7 Å². The van der Waals surface area contributed by atoms with E-state index in [1.54, 1.807) is 0 Å². The van der Waals surface area contributed by atoms with Gasteiger partial charge < -0.3 is 5.11 Å². The molecule has 2 aromatic rings. The molecule has 0 fully saturated rings. The van der Waals surface area contributed by atoms with Crippen LogP contribution in [0.5, 0.6) is 0 Å². The molecule has 2 unspecified atom stereocenters. The minimum atomic E-state index is -0.832. The summed E-state index contributed by atoms with van der Waals surface area (Å²) in [6.07, 6.45) is 0.995. The van der Waals surface area contributed by atoms with Crippen molar-refractivity contribution in [3.05, 3.63) is 65.7 Å². The zero-order valence-electron chi connectivity index (χ0n) is 11.5. The molecule has 2 atom stereocenters. The van der Waals surface area contributed by atoms with E-state index < -0.39 is 12.0 Å². The first-order valence-electron chi connectivity index (χ1n) is 7.00. The lowest BCUT2D eigenvalue weighted by Crippen LogP contribution is -2.33. The Kier molecular flexibility index (Phi) is 4.27. The van der Waals surface area contributed by atoms with E-state index in [0.29, 0.717) is 11.8 Å². The van der Waals surface area contributed by atoms with Crippen molar-refractivity contribution in [2.75, 3.05) is 6.54 Å². The lowest BCUT2D eigenvalue weighted by Gasteiger charge is -2.17. The maximum atomic E-state index is 11.5. The van der Waals surface area contributed by atoms with Crippen molar-refractivity contribution in [1.29, 1.82) is 0 Å². The van der Waals surface area contributed by atoms with Gasteiger partial charge in [-0.2, -0.15) is 0 Å². The molecule has 0 bridgehead atoms. The van der Waals surface area contributed by atoms with Gasteiger partial charge in [0.15, 0.2) is 0 Å². The molecule has 0 amide bonds. The molecule has 2 N–H and O–H groups in total. The second-order valence-electron chi connectivity index (χ2n) is 5.14. The molecule has 0 aromatic heterocycles. The van der Waals surface area contributed by atoms with Gasteiger partial charge >= 0.3 is 5.97 Å². The second kappa shape index (κ2) is 6.33. The van der Waals surface area contributed by atoms with Gasteiger partial charge in [-0.15, -0.1) is 11.8 Å². The number of fused-ring (bicyclic) bond motifs is 1. The molecule has 0 aliphatic carbocycles. The van der Waals surface area contributed by atoms with Crippen LogP contribution < -0.4 is 5.32 Å². The zero-order valence-corrected chi connectivity index (χ0v) is 12.3. The molecule has 0 saturated heterocycles. The Balaban J connectivity index is 1.63. The summed E-state index contributed by atoms with van der Waals surface area (Å²) in [7, 11) is 0. The van der Waals surface area contributed by atoms with Crippen molar-refractivity contribution in [1.82, 2.24) is 5.32 Å². The largest absolute Gasteiger partial charge is 0.480 e. The molecule has 3 rings (SSSR count). The first kappa shape index (κ1) is 14.2. The van der Waals surface area contributed by atoms with Gasteiger partial charge in [0.05, 0.1) is 0 Å². The molecule has 3 nitrogen and oxygen atoms in total. The molecule has 0 radical (unpaired) electrons. The van der Waals surface area contributed by atoms with Crippen LogP contribution in [0.15, 0.2) is 59.5 Å². The van der Waals surface area contributed by atoms with Crippen LogP contribution in [0.2, 0.25) is 0 Å². The number of carbonyl (C=O) groups is 1. The number of rotatable bonds is 5. The van der Waals surface area contributed by atoms with Crippen molar-refractivity contribution in [3.8, 4) is 0 Å². The van der Waals surface area contributed by atoms with Crippen LogP contribution in [-0.2, 0) is 11.2 Å². The smallest absolute Gasteiger partial charge is 0.325 e. The van der Waals surface area contributed by atoms with Gasteiger partial charge in [0.2, 0.25) is 0 Å². The first-order chi connectivity index (χ1) is 10.2. The number of benzene rings is 2. The Morgan fingerprint density at radius 1 is 1.19 bits per heavy atom. The lowest BCUT2D eigenvalue weighted by atomic mass is 10.1. The summed E-state index contributed by atoms with van der Waals surface area (Å²) >= 11 is 1.83. The van der Waals surface area contributed by atoms with Crippen LogP contribution in [0.3, 0.4) is 0 Å². The van der Waals surface area contributed by atoms with Crippen molar-refractivity contribution < 1.29 is 9.90 Å². The molecule has 1 aliphatic rings. The standard InChI is InChI=1S/C17H17NO2S/c19-17(20)16(12-6-2-1-3-7-12)18-11-14-10-13-8-4-5-9-15(13)21-14/h1-9,14,16,18H,10-11H2,(H,19,20). The van der Waals surface area contributed by atoms with Gasteiger partial charge in [-0.25, -0.2) is 0 Å². The Morgan fingerprint density at radius 3 is 2.62 bits per heavy atom. The molecule has 2 aromatic carbocycles. The van der Waals surface area contributed by atoms with Gasteiger partial charge in [-0.3, -0.25) is 10.1 Å². The van der Waals surface area contributed by atoms with E-state index >= 15 is 0 Å². The van der Waals surface area contributed by atoms with Crippen LogP contribution in [0.1, 0.15) is 17.2 Å². The maximum absolute atomic E-state index is 11.5. The average molecular weight is 299 g/mol. The fourth-order valence-electron chi connectivity index (χ4n) is 2.61. The molecule has 4 heteroatoms. The van der Waals surface area contributed by atoms with E-state index in [0.717, 1.165) is 12.0 Å². The van der Waals surface area contributed by atoms with E-state index in [1.807, 2.05) is 48.2 Å². The Labute approximate surface area is 128 Å². The first-order valence-corrected chi connectivity index (χ1v) is 7.87. The third-order valence-corrected chi connectivity index (χ3v) is 4.96. The summed E-state index contributed by atoms with van der Waals surface area (Å²) in [6.45, 7) is 0.686. The summed E-state index contributed by atoms with van der Waals surface area (Å²) < 4.78 is 0. The highest BCUT2D eigenvalue weighted by Gasteiger charge is 2.25. The molecular weight excluding hydrogens is 282 g/mol. The second-order valence-corrected chi connectivity index (χ2v) is 6.48. The molecular formula is C17H17NO2S. The van der Waals surface area contributed by atoms with Crippen LogP contribution in [0, 0.1) is 0 Å². The lowest BCUT2D eigenvalue weighted by molar-refractivity contribution is -0.139. The molecule has 0 spiro atoms. The quantitative estimate of drug-likeness (QED) is 0.890. The minimum Gasteiger partial charge on any atom is -0.480 e. The van der Waals surface area contributed by atoms with Gasteiger partial charge in [0.25, 0.3) is 0 Å². The number of nitrogens with one attached hydrogen (secondary N) is 1. The topological polar surface area (TPSA) is 49.3 Å². The van der Waals surface area contributed by atoms with Crippen molar-refractivity contribution in [3.63, 3.8) is 0 Å². The van der Waals surface area contributed by atoms with E-state index in [9.17, 15) is 9.90 Å². The summed E-state index contributed by atoms with van der Waals surface area (Å²) in [5.41, 5.74) is 2.16. The number of thioether (sulfide) groups is 1. The van der Waals surface area contributed by atoms with Crippen molar-refractivity contribution in [2.45, 2.75) is 22.6 Å². The maximum Gasteiger partial charge on any atom is 0.325 e. The molecule has 21 heavy (non-hydrogen) atoms. The summed E-state index contributed by atoms with van der Waals surface area (Å²) in [5, 5.41) is 13.0. The number of carboxylic acid groups (broad SMARTS) is 1. The number of hydrogen-bond donors (Lipinski definition) is 2. The fourth-order valence-corrected chi connectivity index (χ4v) is 3.87. The predicted octanol–water partition coefficient (Wildman–Crippen LogP) is 3.12. The van der Waals surface area contributed by atoms with E-state index in [1.165, 1.54) is 10.5 Å².